The van der Waals surface area contributed by atoms with Gasteiger partial charge in [-0.1, -0.05) is 56.3 Å². The molecule has 0 unspecified atom stereocenters. The van der Waals surface area contributed by atoms with E-state index in [1.807, 2.05) is 24.1 Å². The van der Waals surface area contributed by atoms with E-state index in [2.05, 4.69) is 85.0 Å². The van der Waals surface area contributed by atoms with E-state index in [0.29, 0.717) is 25.6 Å². The molecule has 0 aliphatic carbocycles. The summed E-state index contributed by atoms with van der Waals surface area (Å²) < 4.78 is 0. The van der Waals surface area contributed by atoms with Crippen molar-refractivity contribution in [2.75, 3.05) is 18.5 Å². The number of para-hydroxylation sites is 1. The van der Waals surface area contributed by atoms with Crippen molar-refractivity contribution in [2.45, 2.75) is 52.7 Å². The predicted molar refractivity (Wildman–Crippen MR) is 127 cm³/mol. The van der Waals surface area contributed by atoms with Crippen molar-refractivity contribution in [3.63, 3.8) is 0 Å². The van der Waals surface area contributed by atoms with Crippen LogP contribution in [0, 0.1) is 0 Å². The number of hydrogen-bond acceptors (Lipinski definition) is 5. The number of nitrogens with one attached hydrogen (secondary N) is 2. The number of nitrogens with zero attached hydrogens (tertiary/aromatic N) is 3. The third-order valence-electron chi connectivity index (χ3n) is 5.82. The van der Waals surface area contributed by atoms with Crippen molar-refractivity contribution >= 4 is 23.0 Å². The first-order chi connectivity index (χ1) is 14.9. The van der Waals surface area contributed by atoms with E-state index in [4.69, 9.17) is 0 Å². The van der Waals surface area contributed by atoms with Crippen molar-refractivity contribution in [3.05, 3.63) is 65.2 Å². The van der Waals surface area contributed by atoms with E-state index in [1.54, 1.807) is 0 Å². The van der Waals surface area contributed by atoms with Gasteiger partial charge in [0.05, 0.1) is 23.6 Å². The van der Waals surface area contributed by atoms with Crippen LogP contribution in [0.5, 0.6) is 0 Å². The second-order valence-corrected chi connectivity index (χ2v) is 8.83. The van der Waals surface area contributed by atoms with E-state index in [-0.39, 0.29) is 11.9 Å². The van der Waals surface area contributed by atoms with Crippen LogP contribution in [0.4, 0.5) is 5.69 Å². The minimum atomic E-state index is 0.133. The molecule has 2 aromatic carbocycles. The van der Waals surface area contributed by atoms with Crippen LogP contribution in [0.25, 0.3) is 11.4 Å². The highest BCUT2D eigenvalue weighted by Crippen LogP contribution is 2.42. The zero-order chi connectivity index (χ0) is 22.1. The number of carbonyl (C=O) groups is 1. The van der Waals surface area contributed by atoms with Gasteiger partial charge in [0.2, 0.25) is 5.91 Å². The van der Waals surface area contributed by atoms with E-state index < -0.39 is 0 Å². The Balaban J connectivity index is 1.86. The highest BCUT2D eigenvalue weighted by molar-refractivity contribution is 6.01. The number of anilines is 1. The van der Waals surface area contributed by atoms with Crippen molar-refractivity contribution in [3.8, 4) is 0 Å². The molecule has 0 spiro atoms. The lowest BCUT2D eigenvalue weighted by molar-refractivity contribution is -0.118. The largest absolute Gasteiger partial charge is 0.314 e. The van der Waals surface area contributed by atoms with Gasteiger partial charge in [-0.25, -0.2) is 0 Å². The second kappa shape index (κ2) is 8.73. The molecule has 6 nitrogen and oxygen atoms in total. The summed E-state index contributed by atoms with van der Waals surface area (Å²) >= 11 is 0. The predicted octanol–water partition coefficient (Wildman–Crippen LogP) is 3.82. The van der Waals surface area contributed by atoms with Gasteiger partial charge in [0.1, 0.15) is 0 Å². The number of hydrazine groups is 2. The Labute approximate surface area is 185 Å². The SMILES string of the molecule is CC(C)NCCC(=O)N1Cc2ccccc2C2=C(c3ccccc31)N(C)NN2C(C)C. The fraction of sp³-hybridized carbons (Fsp3) is 0.400. The molecular weight excluding hydrogens is 386 g/mol. The Hall–Kier alpha value is -2.83. The molecule has 2 aliphatic heterocycles. The normalized spacial score (nSPS) is 15.8. The molecule has 0 aromatic heterocycles. The van der Waals surface area contributed by atoms with Crippen molar-refractivity contribution in [1.29, 1.82) is 0 Å². The van der Waals surface area contributed by atoms with Crippen LogP contribution in [-0.4, -0.2) is 41.6 Å². The molecule has 0 fully saturated rings. The highest BCUT2D eigenvalue weighted by atomic mass is 16.2. The summed E-state index contributed by atoms with van der Waals surface area (Å²) in [6.45, 7) is 9.80. The molecule has 2 N–H and O–H groups in total. The minimum absolute atomic E-state index is 0.133. The molecule has 31 heavy (non-hydrogen) atoms. The summed E-state index contributed by atoms with van der Waals surface area (Å²) in [7, 11) is 2.04. The summed E-state index contributed by atoms with van der Waals surface area (Å²) in [4.78, 5) is 15.3. The van der Waals surface area contributed by atoms with Crippen molar-refractivity contribution < 1.29 is 4.79 Å². The first-order valence-corrected chi connectivity index (χ1v) is 11.1. The first-order valence-electron chi connectivity index (χ1n) is 11.1. The molecule has 0 atom stereocenters. The van der Waals surface area contributed by atoms with Gasteiger partial charge in [0.15, 0.2) is 0 Å². The summed E-state index contributed by atoms with van der Waals surface area (Å²) in [6, 6.07) is 17.3. The standard InChI is InChI=1S/C25H33N5O/c1-17(2)26-15-14-23(31)29-16-19-10-6-7-11-20(19)25-24(21-12-8-9-13-22(21)29)28(5)27-30(25)18(3)4/h6-13,17-18,26-27H,14-16H2,1-5H3. The Bertz CT molecular complexity index is 997. The molecule has 2 aromatic rings. The van der Waals surface area contributed by atoms with Gasteiger partial charge in [0.25, 0.3) is 0 Å². The number of fused-ring (bicyclic) bond motifs is 4. The van der Waals surface area contributed by atoms with Gasteiger partial charge in [0, 0.05) is 43.2 Å². The zero-order valence-electron chi connectivity index (χ0n) is 19.1. The Morgan fingerprint density at radius 3 is 2.39 bits per heavy atom. The fourth-order valence-corrected chi connectivity index (χ4v) is 4.35. The number of benzene rings is 2. The number of hydrogen-bond donors (Lipinski definition) is 2. The van der Waals surface area contributed by atoms with Crippen LogP contribution in [-0.2, 0) is 11.3 Å². The summed E-state index contributed by atoms with van der Waals surface area (Å²) in [5, 5.41) is 7.65. The van der Waals surface area contributed by atoms with Gasteiger partial charge in [-0.3, -0.25) is 14.8 Å². The van der Waals surface area contributed by atoms with Crippen LogP contribution in [0.3, 0.4) is 0 Å². The third-order valence-corrected chi connectivity index (χ3v) is 5.82. The lowest BCUT2D eigenvalue weighted by Crippen LogP contribution is -2.42. The first kappa shape index (κ1) is 21.4. The quantitative estimate of drug-likeness (QED) is 0.772. The minimum Gasteiger partial charge on any atom is -0.314 e. The molecule has 2 aliphatic rings. The van der Waals surface area contributed by atoms with Crippen molar-refractivity contribution in [1.82, 2.24) is 20.9 Å². The zero-order valence-corrected chi connectivity index (χ0v) is 19.1. The van der Waals surface area contributed by atoms with Crippen molar-refractivity contribution in [2.24, 2.45) is 0 Å². The van der Waals surface area contributed by atoms with Gasteiger partial charge >= 0.3 is 0 Å². The molecule has 6 heteroatoms. The van der Waals surface area contributed by atoms with Crippen LogP contribution >= 0.6 is 0 Å². The smallest absolute Gasteiger partial charge is 0.228 e. The second-order valence-electron chi connectivity index (χ2n) is 8.83. The van der Waals surface area contributed by atoms with Gasteiger partial charge in [-0.15, -0.1) is 5.53 Å². The van der Waals surface area contributed by atoms with E-state index in [0.717, 1.165) is 33.8 Å². The molecule has 4 rings (SSSR count). The summed E-state index contributed by atoms with van der Waals surface area (Å²) in [6.07, 6.45) is 0.465. The third kappa shape index (κ3) is 4.05. The lowest BCUT2D eigenvalue weighted by atomic mass is 9.95. The molecule has 164 valence electrons. The average Bonchev–Trinajstić information content (AvgIpc) is 3.07. The maximum Gasteiger partial charge on any atom is 0.228 e. The molecule has 2 heterocycles. The monoisotopic (exact) mass is 419 g/mol. The van der Waals surface area contributed by atoms with Gasteiger partial charge in [-0.05, 0) is 25.5 Å². The molecule has 0 saturated heterocycles. The van der Waals surface area contributed by atoms with E-state index >= 15 is 0 Å². The molecule has 0 saturated carbocycles. The van der Waals surface area contributed by atoms with E-state index in [9.17, 15) is 4.79 Å². The van der Waals surface area contributed by atoms with Crippen LogP contribution in [0.1, 0.15) is 50.8 Å². The fourth-order valence-electron chi connectivity index (χ4n) is 4.35. The molecule has 0 bridgehead atoms. The number of carbonyl (C=O) groups excluding carboxylic acids is 1. The van der Waals surface area contributed by atoms with E-state index in [1.165, 1.54) is 0 Å². The number of rotatable bonds is 5. The Kier molecular flexibility index (Phi) is 6.03. The van der Waals surface area contributed by atoms with Crippen LogP contribution in [0.15, 0.2) is 48.5 Å². The Morgan fingerprint density at radius 1 is 1.00 bits per heavy atom. The van der Waals surface area contributed by atoms with Crippen LogP contribution < -0.4 is 15.8 Å². The lowest BCUT2D eigenvalue weighted by Gasteiger charge is -2.31. The summed E-state index contributed by atoms with van der Waals surface area (Å²) in [5.74, 6) is 0.133. The number of amides is 1. The maximum absolute atomic E-state index is 13.4. The maximum atomic E-state index is 13.4. The van der Waals surface area contributed by atoms with Gasteiger partial charge in [-0.2, -0.15) is 0 Å². The average molecular weight is 420 g/mol. The summed E-state index contributed by atoms with van der Waals surface area (Å²) in [5.41, 5.74) is 10.1. The topological polar surface area (TPSA) is 50.9 Å². The molecule has 1 amide bonds. The van der Waals surface area contributed by atoms with Gasteiger partial charge < -0.3 is 10.2 Å². The highest BCUT2D eigenvalue weighted by Gasteiger charge is 2.35. The van der Waals surface area contributed by atoms with Crippen LogP contribution in [0.2, 0.25) is 0 Å². The Morgan fingerprint density at radius 2 is 1.68 bits per heavy atom. The molecule has 0 radical (unpaired) electrons. The molecular formula is C25H33N5O.